The van der Waals surface area contributed by atoms with E-state index in [1.165, 1.54) is 0 Å². The summed E-state index contributed by atoms with van der Waals surface area (Å²) in [5.41, 5.74) is 5.47. The predicted octanol–water partition coefficient (Wildman–Crippen LogP) is 2.14. The summed E-state index contributed by atoms with van der Waals surface area (Å²) in [6, 6.07) is 1.76. The number of anilines is 1. The maximum Gasteiger partial charge on any atom is 0.224 e. The third kappa shape index (κ3) is 1.35. The van der Waals surface area contributed by atoms with E-state index in [-0.39, 0.29) is 22.0 Å². The molecule has 0 bridgehead atoms. The fourth-order valence-electron chi connectivity index (χ4n) is 1.18. The van der Waals surface area contributed by atoms with E-state index in [2.05, 4.69) is 9.97 Å². The first-order valence-corrected chi connectivity index (χ1v) is 4.03. The highest BCUT2D eigenvalue weighted by Gasteiger charge is 2.10. The van der Waals surface area contributed by atoms with Crippen molar-refractivity contribution in [2.45, 2.75) is 0 Å². The molecule has 1 heterocycles. The van der Waals surface area contributed by atoms with Crippen LogP contribution in [0.5, 0.6) is 0 Å². The van der Waals surface area contributed by atoms with Crippen LogP contribution in [0.2, 0.25) is 5.28 Å². The molecule has 0 radical (unpaired) electrons. The second-order valence-electron chi connectivity index (χ2n) is 2.66. The van der Waals surface area contributed by atoms with Crippen molar-refractivity contribution in [2.24, 2.45) is 0 Å². The van der Waals surface area contributed by atoms with E-state index < -0.39 is 11.6 Å². The van der Waals surface area contributed by atoms with Gasteiger partial charge in [-0.15, -0.1) is 0 Å². The van der Waals surface area contributed by atoms with E-state index in [4.69, 9.17) is 17.3 Å². The first-order valence-electron chi connectivity index (χ1n) is 3.65. The van der Waals surface area contributed by atoms with Crippen LogP contribution in [0.3, 0.4) is 0 Å². The van der Waals surface area contributed by atoms with Crippen LogP contribution in [0.15, 0.2) is 12.1 Å². The summed E-state index contributed by atoms with van der Waals surface area (Å²) in [4.78, 5) is 7.21. The summed E-state index contributed by atoms with van der Waals surface area (Å²) in [7, 11) is 0. The average molecular weight is 216 g/mol. The summed E-state index contributed by atoms with van der Waals surface area (Å²) in [6.07, 6.45) is 0. The van der Waals surface area contributed by atoms with Gasteiger partial charge in [-0.3, -0.25) is 0 Å². The maximum atomic E-state index is 13.2. The van der Waals surface area contributed by atoms with Crippen LogP contribution in [0, 0.1) is 11.6 Å². The number of nitrogens with zero attached hydrogens (tertiary/aromatic N) is 2. The molecule has 0 fully saturated rings. The number of hydrogen-bond donors (Lipinski definition) is 1. The molecule has 0 saturated carbocycles. The first kappa shape index (κ1) is 9.08. The molecule has 0 saturated heterocycles. The van der Waals surface area contributed by atoms with Crippen LogP contribution >= 0.6 is 11.6 Å². The van der Waals surface area contributed by atoms with Gasteiger partial charge in [0.25, 0.3) is 0 Å². The quantitative estimate of drug-likeness (QED) is 0.685. The Kier molecular flexibility index (Phi) is 1.96. The van der Waals surface area contributed by atoms with Crippen molar-refractivity contribution in [3.05, 3.63) is 29.1 Å². The van der Waals surface area contributed by atoms with Gasteiger partial charge in [0, 0.05) is 12.1 Å². The Morgan fingerprint density at radius 1 is 1.21 bits per heavy atom. The van der Waals surface area contributed by atoms with Gasteiger partial charge in [-0.25, -0.2) is 18.7 Å². The predicted molar refractivity (Wildman–Crippen MR) is 48.9 cm³/mol. The molecule has 0 aliphatic rings. The van der Waals surface area contributed by atoms with Gasteiger partial charge in [0.1, 0.15) is 17.5 Å². The SMILES string of the molecule is Nc1nc(Cl)nc2cc(F)cc(F)c12. The summed E-state index contributed by atoms with van der Waals surface area (Å²) in [6.45, 7) is 0. The zero-order valence-corrected chi connectivity index (χ0v) is 7.52. The van der Waals surface area contributed by atoms with Gasteiger partial charge in [0.15, 0.2) is 0 Å². The number of rotatable bonds is 0. The van der Waals surface area contributed by atoms with Crippen molar-refractivity contribution in [2.75, 3.05) is 5.73 Å². The van der Waals surface area contributed by atoms with Crippen LogP contribution in [0.1, 0.15) is 0 Å². The Balaban J connectivity index is 2.94. The van der Waals surface area contributed by atoms with E-state index in [0.29, 0.717) is 0 Å². The Morgan fingerprint density at radius 2 is 1.93 bits per heavy atom. The van der Waals surface area contributed by atoms with Crippen LogP contribution < -0.4 is 5.73 Å². The molecule has 1 aromatic carbocycles. The number of hydrogen-bond acceptors (Lipinski definition) is 3. The smallest absolute Gasteiger partial charge is 0.224 e. The average Bonchev–Trinajstić information content (AvgIpc) is 1.99. The Morgan fingerprint density at radius 3 is 2.64 bits per heavy atom. The minimum Gasteiger partial charge on any atom is -0.383 e. The second kappa shape index (κ2) is 3.02. The zero-order valence-electron chi connectivity index (χ0n) is 6.76. The monoisotopic (exact) mass is 215 g/mol. The van der Waals surface area contributed by atoms with Gasteiger partial charge < -0.3 is 5.73 Å². The Hall–Kier alpha value is -1.49. The van der Waals surface area contributed by atoms with Crippen LogP contribution in [-0.2, 0) is 0 Å². The number of fused-ring (bicyclic) bond motifs is 1. The van der Waals surface area contributed by atoms with Gasteiger partial charge in [0.2, 0.25) is 5.28 Å². The largest absolute Gasteiger partial charge is 0.383 e. The van der Waals surface area contributed by atoms with Gasteiger partial charge in [0.05, 0.1) is 10.9 Å². The molecule has 1 aromatic heterocycles. The van der Waals surface area contributed by atoms with Gasteiger partial charge in [-0.05, 0) is 11.6 Å². The van der Waals surface area contributed by atoms with Crippen molar-refractivity contribution in [1.29, 1.82) is 0 Å². The third-order valence-corrected chi connectivity index (χ3v) is 1.88. The standard InChI is InChI=1S/C8H4ClF2N3/c9-8-13-5-2-3(10)1-4(11)6(5)7(12)14-8/h1-2H,(H2,12,13,14). The normalized spacial score (nSPS) is 10.8. The molecule has 2 N–H and O–H groups in total. The Bertz CT molecular complexity index is 473. The summed E-state index contributed by atoms with van der Waals surface area (Å²) < 4.78 is 26.0. The molecule has 3 nitrogen and oxygen atoms in total. The topological polar surface area (TPSA) is 51.8 Å². The molecule has 0 unspecified atom stereocenters. The second-order valence-corrected chi connectivity index (χ2v) is 3.00. The lowest BCUT2D eigenvalue weighted by atomic mass is 10.2. The van der Waals surface area contributed by atoms with E-state index >= 15 is 0 Å². The lowest BCUT2D eigenvalue weighted by Gasteiger charge is -2.02. The molecule has 72 valence electrons. The van der Waals surface area contributed by atoms with E-state index in [0.717, 1.165) is 12.1 Å². The number of nitrogen functional groups attached to an aromatic ring is 1. The van der Waals surface area contributed by atoms with Gasteiger partial charge in [-0.1, -0.05) is 0 Å². The van der Waals surface area contributed by atoms with Crippen LogP contribution in [0.25, 0.3) is 10.9 Å². The number of nitrogens with two attached hydrogens (primary N) is 1. The minimum atomic E-state index is -0.797. The molecular formula is C8H4ClF2N3. The molecule has 0 amide bonds. The first-order chi connectivity index (χ1) is 6.58. The van der Waals surface area contributed by atoms with Crippen molar-refractivity contribution < 1.29 is 8.78 Å². The molecule has 2 rings (SSSR count). The molecule has 0 aliphatic heterocycles. The molecule has 6 heteroatoms. The van der Waals surface area contributed by atoms with E-state index in [9.17, 15) is 8.78 Å². The van der Waals surface area contributed by atoms with Crippen LogP contribution in [-0.4, -0.2) is 9.97 Å². The maximum absolute atomic E-state index is 13.2. The lowest BCUT2D eigenvalue weighted by molar-refractivity contribution is 0.591. The van der Waals surface area contributed by atoms with Crippen molar-refractivity contribution in [3.8, 4) is 0 Å². The number of aromatic nitrogens is 2. The van der Waals surface area contributed by atoms with Crippen molar-refractivity contribution in [3.63, 3.8) is 0 Å². The van der Waals surface area contributed by atoms with Gasteiger partial charge in [-0.2, -0.15) is 0 Å². The van der Waals surface area contributed by atoms with E-state index in [1.807, 2.05) is 0 Å². The van der Waals surface area contributed by atoms with Crippen molar-refractivity contribution in [1.82, 2.24) is 9.97 Å². The van der Waals surface area contributed by atoms with Crippen molar-refractivity contribution >= 4 is 28.3 Å². The third-order valence-electron chi connectivity index (χ3n) is 1.72. The fraction of sp³-hybridized carbons (Fsp3) is 0. The summed E-state index contributed by atoms with van der Waals surface area (Å²) >= 11 is 5.48. The van der Waals surface area contributed by atoms with E-state index in [1.54, 1.807) is 0 Å². The molecule has 0 aliphatic carbocycles. The summed E-state index contributed by atoms with van der Waals surface area (Å²) in [5.74, 6) is -1.63. The highest BCUT2D eigenvalue weighted by atomic mass is 35.5. The van der Waals surface area contributed by atoms with Gasteiger partial charge >= 0.3 is 0 Å². The molecule has 14 heavy (non-hydrogen) atoms. The summed E-state index contributed by atoms with van der Waals surface area (Å²) in [5, 5.41) is -0.157. The molecule has 0 atom stereocenters. The minimum absolute atomic E-state index is 0.0178. The molecule has 0 spiro atoms. The number of benzene rings is 1. The number of halogens is 3. The Labute approximate surface area is 82.5 Å². The lowest BCUT2D eigenvalue weighted by Crippen LogP contribution is -1.97. The highest BCUT2D eigenvalue weighted by Crippen LogP contribution is 2.23. The fourth-order valence-corrected chi connectivity index (χ4v) is 1.36. The molecule has 2 aromatic rings. The zero-order chi connectivity index (χ0) is 10.3. The highest BCUT2D eigenvalue weighted by molar-refractivity contribution is 6.28. The van der Waals surface area contributed by atoms with Crippen LogP contribution in [0.4, 0.5) is 14.6 Å². The molecular weight excluding hydrogens is 212 g/mol.